The van der Waals surface area contributed by atoms with E-state index in [0.29, 0.717) is 0 Å². The van der Waals surface area contributed by atoms with Crippen molar-refractivity contribution in [3.05, 3.63) is 0 Å². The Morgan fingerprint density at radius 3 is 2.36 bits per heavy atom. The largest absolute Gasteiger partial charge is 0.468 e. The van der Waals surface area contributed by atoms with Crippen molar-refractivity contribution in [2.45, 2.75) is 50.5 Å². The molecule has 1 atom stereocenters. The Kier molecular flexibility index (Phi) is 2.30. The Bertz CT molecular complexity index is 248. The van der Waals surface area contributed by atoms with E-state index in [1.54, 1.807) is 0 Å². The second-order valence-corrected chi connectivity index (χ2v) is 4.80. The fourth-order valence-electron chi connectivity index (χ4n) is 2.88. The van der Waals surface area contributed by atoms with Gasteiger partial charge >= 0.3 is 5.97 Å². The molecule has 0 amide bonds. The Balaban J connectivity index is 2.24. The van der Waals surface area contributed by atoms with Crippen LogP contribution in [0, 0.1) is 5.41 Å². The van der Waals surface area contributed by atoms with Gasteiger partial charge in [0.25, 0.3) is 0 Å². The van der Waals surface area contributed by atoms with Gasteiger partial charge in [0.2, 0.25) is 0 Å². The summed E-state index contributed by atoms with van der Waals surface area (Å²) in [6.45, 7) is 0. The molecular formula is C11H19NO2. The fourth-order valence-corrected chi connectivity index (χ4v) is 2.88. The molecule has 0 aromatic rings. The summed E-state index contributed by atoms with van der Waals surface area (Å²) in [6, 6.07) is 0. The monoisotopic (exact) mass is 197 g/mol. The van der Waals surface area contributed by atoms with Gasteiger partial charge in [-0.1, -0.05) is 19.3 Å². The number of carbonyl (C=O) groups is 1. The predicted octanol–water partition coefficient (Wildman–Crippen LogP) is 1.60. The maximum atomic E-state index is 11.7. The van der Waals surface area contributed by atoms with Gasteiger partial charge in [0.1, 0.15) is 5.54 Å². The number of hydrogen-bond acceptors (Lipinski definition) is 3. The molecule has 2 aliphatic carbocycles. The first kappa shape index (κ1) is 9.97. The molecule has 2 saturated carbocycles. The van der Waals surface area contributed by atoms with E-state index in [4.69, 9.17) is 10.5 Å². The van der Waals surface area contributed by atoms with Crippen molar-refractivity contribution in [3.63, 3.8) is 0 Å². The number of esters is 1. The van der Waals surface area contributed by atoms with E-state index < -0.39 is 5.54 Å². The average molecular weight is 197 g/mol. The molecule has 0 aliphatic heterocycles. The number of methoxy groups -OCH3 is 1. The molecule has 2 N–H and O–H groups in total. The molecule has 0 saturated heterocycles. The molecule has 2 aliphatic rings. The zero-order chi connectivity index (χ0) is 10.2. The standard InChI is InChI=1S/C11H19NO2/c1-14-9(13)11(12)6-4-2-3-5-10(11)7-8-10/h2-8,12H2,1H3. The number of rotatable bonds is 1. The molecule has 1 spiro atoms. The molecule has 0 radical (unpaired) electrons. The first-order valence-corrected chi connectivity index (χ1v) is 5.52. The Labute approximate surface area is 85.0 Å². The summed E-state index contributed by atoms with van der Waals surface area (Å²) < 4.78 is 4.86. The van der Waals surface area contributed by atoms with E-state index in [9.17, 15) is 4.79 Å². The summed E-state index contributed by atoms with van der Waals surface area (Å²) in [5.74, 6) is -0.197. The highest BCUT2D eigenvalue weighted by atomic mass is 16.5. The molecule has 3 nitrogen and oxygen atoms in total. The third kappa shape index (κ3) is 1.26. The topological polar surface area (TPSA) is 52.3 Å². The molecule has 14 heavy (non-hydrogen) atoms. The molecule has 0 aromatic carbocycles. The summed E-state index contributed by atoms with van der Waals surface area (Å²) in [6.07, 6.45) is 7.62. The van der Waals surface area contributed by atoms with E-state index in [-0.39, 0.29) is 11.4 Å². The lowest BCUT2D eigenvalue weighted by molar-refractivity contribution is -0.150. The molecule has 2 rings (SSSR count). The molecule has 0 aromatic heterocycles. The van der Waals surface area contributed by atoms with E-state index in [0.717, 1.165) is 32.1 Å². The van der Waals surface area contributed by atoms with Crippen molar-refractivity contribution in [1.82, 2.24) is 0 Å². The van der Waals surface area contributed by atoms with Gasteiger partial charge in [-0.2, -0.15) is 0 Å². The van der Waals surface area contributed by atoms with E-state index in [2.05, 4.69) is 0 Å². The van der Waals surface area contributed by atoms with Gasteiger partial charge in [-0.05, 0) is 31.1 Å². The van der Waals surface area contributed by atoms with Crippen LogP contribution in [0.2, 0.25) is 0 Å². The Morgan fingerprint density at radius 1 is 1.14 bits per heavy atom. The molecule has 80 valence electrons. The smallest absolute Gasteiger partial charge is 0.326 e. The van der Waals surface area contributed by atoms with E-state index >= 15 is 0 Å². The highest BCUT2D eigenvalue weighted by Crippen LogP contribution is 2.59. The quantitative estimate of drug-likeness (QED) is 0.650. The minimum atomic E-state index is -0.682. The highest BCUT2D eigenvalue weighted by Gasteiger charge is 2.61. The number of carbonyl (C=O) groups excluding carboxylic acids is 1. The second kappa shape index (κ2) is 3.23. The predicted molar refractivity (Wildman–Crippen MR) is 53.7 cm³/mol. The van der Waals surface area contributed by atoms with Crippen molar-refractivity contribution in [1.29, 1.82) is 0 Å². The molecule has 0 heterocycles. The van der Waals surface area contributed by atoms with Crippen LogP contribution in [0.25, 0.3) is 0 Å². The van der Waals surface area contributed by atoms with Crippen molar-refractivity contribution in [2.24, 2.45) is 11.1 Å². The van der Waals surface area contributed by atoms with Gasteiger partial charge in [0, 0.05) is 0 Å². The Hall–Kier alpha value is -0.570. The summed E-state index contributed by atoms with van der Waals surface area (Å²) in [4.78, 5) is 11.7. The van der Waals surface area contributed by atoms with Crippen LogP contribution < -0.4 is 5.73 Å². The third-order valence-electron chi connectivity index (χ3n) is 4.08. The van der Waals surface area contributed by atoms with Crippen LogP contribution in [-0.2, 0) is 9.53 Å². The lowest BCUT2D eigenvalue weighted by Crippen LogP contribution is -2.55. The zero-order valence-electron chi connectivity index (χ0n) is 8.84. The first-order valence-electron chi connectivity index (χ1n) is 5.52. The highest BCUT2D eigenvalue weighted by molar-refractivity contribution is 5.82. The SMILES string of the molecule is COC(=O)C1(N)CCCCCC12CC2. The lowest BCUT2D eigenvalue weighted by atomic mass is 9.77. The van der Waals surface area contributed by atoms with Crippen molar-refractivity contribution < 1.29 is 9.53 Å². The number of nitrogens with two attached hydrogens (primary N) is 1. The fraction of sp³-hybridized carbons (Fsp3) is 0.909. The Morgan fingerprint density at radius 2 is 1.79 bits per heavy atom. The van der Waals surface area contributed by atoms with Gasteiger partial charge < -0.3 is 10.5 Å². The zero-order valence-corrected chi connectivity index (χ0v) is 8.84. The maximum Gasteiger partial charge on any atom is 0.326 e. The number of hydrogen-bond donors (Lipinski definition) is 1. The van der Waals surface area contributed by atoms with Crippen LogP contribution in [0.4, 0.5) is 0 Å². The minimum Gasteiger partial charge on any atom is -0.468 e. The van der Waals surface area contributed by atoms with Gasteiger partial charge in [0.15, 0.2) is 0 Å². The summed E-state index contributed by atoms with van der Waals surface area (Å²) in [5, 5.41) is 0. The second-order valence-electron chi connectivity index (χ2n) is 4.80. The van der Waals surface area contributed by atoms with Crippen LogP contribution in [0.3, 0.4) is 0 Å². The van der Waals surface area contributed by atoms with Crippen molar-refractivity contribution >= 4 is 5.97 Å². The minimum absolute atomic E-state index is 0.0938. The van der Waals surface area contributed by atoms with Crippen LogP contribution >= 0.6 is 0 Å². The average Bonchev–Trinajstić information content (AvgIpc) is 2.98. The van der Waals surface area contributed by atoms with Gasteiger partial charge in [-0.25, -0.2) is 0 Å². The molecule has 3 heteroatoms. The summed E-state index contributed by atoms with van der Waals surface area (Å²) in [7, 11) is 1.44. The van der Waals surface area contributed by atoms with Crippen molar-refractivity contribution in [3.8, 4) is 0 Å². The van der Waals surface area contributed by atoms with Gasteiger partial charge in [-0.3, -0.25) is 4.79 Å². The van der Waals surface area contributed by atoms with Crippen LogP contribution in [0.1, 0.15) is 44.9 Å². The summed E-state index contributed by atoms with van der Waals surface area (Å²) in [5.41, 5.74) is 5.69. The third-order valence-corrected chi connectivity index (χ3v) is 4.08. The van der Waals surface area contributed by atoms with Crippen LogP contribution in [0.5, 0.6) is 0 Å². The summed E-state index contributed by atoms with van der Waals surface area (Å²) >= 11 is 0. The lowest BCUT2D eigenvalue weighted by Gasteiger charge is -2.33. The maximum absolute atomic E-state index is 11.7. The molecular weight excluding hydrogens is 178 g/mol. The van der Waals surface area contributed by atoms with Crippen molar-refractivity contribution in [2.75, 3.05) is 7.11 Å². The molecule has 2 fully saturated rings. The molecule has 1 unspecified atom stereocenters. The van der Waals surface area contributed by atoms with E-state index in [1.165, 1.54) is 20.0 Å². The van der Waals surface area contributed by atoms with E-state index in [1.807, 2.05) is 0 Å². The van der Waals surface area contributed by atoms with Crippen LogP contribution in [-0.4, -0.2) is 18.6 Å². The van der Waals surface area contributed by atoms with Gasteiger partial charge in [-0.15, -0.1) is 0 Å². The molecule has 0 bridgehead atoms. The van der Waals surface area contributed by atoms with Gasteiger partial charge in [0.05, 0.1) is 7.11 Å². The van der Waals surface area contributed by atoms with Crippen LogP contribution in [0.15, 0.2) is 0 Å². The first-order chi connectivity index (χ1) is 6.65. The number of ether oxygens (including phenoxy) is 1. The normalized spacial score (nSPS) is 35.0.